The fourth-order valence-electron chi connectivity index (χ4n) is 2.45. The molecule has 1 saturated heterocycles. The lowest BCUT2D eigenvalue weighted by atomic mass is 10.1. The predicted octanol–water partition coefficient (Wildman–Crippen LogP) is 2.42. The molecule has 5 heteroatoms. The molecule has 0 bridgehead atoms. The van der Waals surface area contributed by atoms with Crippen molar-refractivity contribution in [1.29, 1.82) is 0 Å². The first kappa shape index (κ1) is 15.7. The number of halogens is 2. The minimum absolute atomic E-state index is 0.107. The fourth-order valence-corrected chi connectivity index (χ4v) is 2.57. The van der Waals surface area contributed by atoms with Gasteiger partial charge in [0.2, 0.25) is 0 Å². The molecule has 20 heavy (non-hydrogen) atoms. The van der Waals surface area contributed by atoms with Crippen LogP contribution in [-0.4, -0.2) is 42.3 Å². The molecule has 0 amide bonds. The number of piperidine rings is 1. The Labute approximate surface area is 124 Å². The Balaban J connectivity index is 1.58. The van der Waals surface area contributed by atoms with Crippen molar-refractivity contribution in [2.75, 3.05) is 26.2 Å². The number of rotatable bonds is 6. The number of likely N-dealkylation sites (tertiary alicyclic amines) is 1. The summed E-state index contributed by atoms with van der Waals surface area (Å²) in [5.41, 5.74) is 0.910. The van der Waals surface area contributed by atoms with Crippen molar-refractivity contribution < 1.29 is 9.50 Å². The van der Waals surface area contributed by atoms with Crippen molar-refractivity contribution in [1.82, 2.24) is 10.2 Å². The average molecular weight is 301 g/mol. The number of benzene rings is 1. The zero-order valence-electron chi connectivity index (χ0n) is 11.6. The highest BCUT2D eigenvalue weighted by atomic mass is 35.5. The van der Waals surface area contributed by atoms with Gasteiger partial charge >= 0.3 is 0 Å². The van der Waals surface area contributed by atoms with E-state index in [2.05, 4.69) is 10.2 Å². The first-order chi connectivity index (χ1) is 9.65. The molecule has 0 aliphatic carbocycles. The summed E-state index contributed by atoms with van der Waals surface area (Å²) in [5, 5.41) is 12.9. The molecule has 2 N–H and O–H groups in total. The molecule has 0 saturated carbocycles. The van der Waals surface area contributed by atoms with Crippen LogP contribution in [0.5, 0.6) is 0 Å². The van der Waals surface area contributed by atoms with Crippen molar-refractivity contribution in [2.45, 2.75) is 31.9 Å². The Kier molecular flexibility index (Phi) is 6.23. The third-order valence-electron chi connectivity index (χ3n) is 3.70. The van der Waals surface area contributed by atoms with Crippen LogP contribution in [0, 0.1) is 5.82 Å². The summed E-state index contributed by atoms with van der Waals surface area (Å²) in [6.07, 6.45) is 2.73. The third kappa shape index (κ3) is 5.02. The summed E-state index contributed by atoms with van der Waals surface area (Å²) < 4.78 is 13.2. The standard InChI is InChI=1S/C15H22ClFN2O/c16-14-3-2-12(10-15(14)17)11-18-6-1-7-19-8-4-13(20)5-9-19/h2-3,10,13,18,20H,1,4-9,11H2. The van der Waals surface area contributed by atoms with Crippen LogP contribution in [0.25, 0.3) is 0 Å². The summed E-state index contributed by atoms with van der Waals surface area (Å²) in [5.74, 6) is -0.363. The van der Waals surface area contributed by atoms with Gasteiger partial charge in [-0.05, 0) is 50.0 Å². The van der Waals surface area contributed by atoms with E-state index in [1.54, 1.807) is 6.07 Å². The monoisotopic (exact) mass is 300 g/mol. The van der Waals surface area contributed by atoms with Crippen LogP contribution >= 0.6 is 11.6 Å². The highest BCUT2D eigenvalue weighted by Gasteiger charge is 2.15. The van der Waals surface area contributed by atoms with E-state index < -0.39 is 0 Å². The van der Waals surface area contributed by atoms with E-state index in [1.807, 2.05) is 6.07 Å². The maximum absolute atomic E-state index is 13.2. The Morgan fingerprint density at radius 3 is 2.80 bits per heavy atom. The van der Waals surface area contributed by atoms with Gasteiger partial charge in [-0.2, -0.15) is 0 Å². The van der Waals surface area contributed by atoms with E-state index in [9.17, 15) is 9.50 Å². The number of nitrogens with zero attached hydrogens (tertiary/aromatic N) is 1. The summed E-state index contributed by atoms with van der Waals surface area (Å²) in [7, 11) is 0. The molecule has 1 heterocycles. The van der Waals surface area contributed by atoms with Crippen molar-refractivity contribution in [2.24, 2.45) is 0 Å². The van der Waals surface area contributed by atoms with Gasteiger partial charge in [0.25, 0.3) is 0 Å². The fraction of sp³-hybridized carbons (Fsp3) is 0.600. The lowest BCUT2D eigenvalue weighted by Gasteiger charge is -2.29. The number of hydrogen-bond donors (Lipinski definition) is 2. The highest BCUT2D eigenvalue weighted by Crippen LogP contribution is 2.15. The van der Waals surface area contributed by atoms with Gasteiger partial charge in [-0.15, -0.1) is 0 Å². The van der Waals surface area contributed by atoms with Gasteiger partial charge < -0.3 is 15.3 Å². The first-order valence-electron chi connectivity index (χ1n) is 7.20. The lowest BCUT2D eigenvalue weighted by Crippen LogP contribution is -2.37. The molecular formula is C15H22ClFN2O. The Morgan fingerprint density at radius 1 is 1.35 bits per heavy atom. The van der Waals surface area contributed by atoms with E-state index in [1.165, 1.54) is 6.07 Å². The number of aliphatic hydroxyl groups is 1. The third-order valence-corrected chi connectivity index (χ3v) is 4.00. The smallest absolute Gasteiger partial charge is 0.142 e. The van der Waals surface area contributed by atoms with Gasteiger partial charge in [0.1, 0.15) is 5.82 Å². The molecular weight excluding hydrogens is 279 g/mol. The van der Waals surface area contributed by atoms with Crippen LogP contribution in [0.3, 0.4) is 0 Å². The van der Waals surface area contributed by atoms with Crippen LogP contribution < -0.4 is 5.32 Å². The largest absolute Gasteiger partial charge is 0.393 e. The molecule has 3 nitrogen and oxygen atoms in total. The molecule has 0 unspecified atom stereocenters. The summed E-state index contributed by atoms with van der Waals surface area (Å²) >= 11 is 5.64. The topological polar surface area (TPSA) is 35.5 Å². The number of hydrogen-bond acceptors (Lipinski definition) is 3. The molecule has 0 spiro atoms. The molecule has 1 aliphatic heterocycles. The van der Waals surface area contributed by atoms with Crippen LogP contribution in [0.1, 0.15) is 24.8 Å². The van der Waals surface area contributed by atoms with E-state index in [4.69, 9.17) is 11.6 Å². The summed E-state index contributed by atoms with van der Waals surface area (Å²) in [6.45, 7) is 4.60. The highest BCUT2D eigenvalue weighted by molar-refractivity contribution is 6.30. The van der Waals surface area contributed by atoms with E-state index >= 15 is 0 Å². The maximum Gasteiger partial charge on any atom is 0.142 e. The molecule has 0 radical (unpaired) electrons. The minimum Gasteiger partial charge on any atom is -0.393 e. The Hall–Kier alpha value is -0.680. The Morgan fingerprint density at radius 2 is 2.10 bits per heavy atom. The van der Waals surface area contributed by atoms with Gasteiger partial charge in [0, 0.05) is 19.6 Å². The van der Waals surface area contributed by atoms with Crippen LogP contribution in [0.4, 0.5) is 4.39 Å². The van der Waals surface area contributed by atoms with Crippen LogP contribution in [-0.2, 0) is 6.54 Å². The van der Waals surface area contributed by atoms with Crippen molar-refractivity contribution in [3.05, 3.63) is 34.6 Å². The molecule has 1 aromatic carbocycles. The van der Waals surface area contributed by atoms with Gasteiger partial charge in [-0.25, -0.2) is 4.39 Å². The lowest BCUT2D eigenvalue weighted by molar-refractivity contribution is 0.0821. The van der Waals surface area contributed by atoms with E-state index in [0.29, 0.717) is 6.54 Å². The van der Waals surface area contributed by atoms with Gasteiger partial charge in [0.15, 0.2) is 0 Å². The van der Waals surface area contributed by atoms with Gasteiger partial charge in [-0.3, -0.25) is 0 Å². The van der Waals surface area contributed by atoms with Gasteiger partial charge in [-0.1, -0.05) is 17.7 Å². The van der Waals surface area contributed by atoms with E-state index in [-0.39, 0.29) is 16.9 Å². The van der Waals surface area contributed by atoms with Crippen molar-refractivity contribution in [3.63, 3.8) is 0 Å². The van der Waals surface area contributed by atoms with Crippen LogP contribution in [0.2, 0.25) is 5.02 Å². The number of aliphatic hydroxyl groups excluding tert-OH is 1. The second-order valence-corrected chi connectivity index (χ2v) is 5.76. The average Bonchev–Trinajstić information content (AvgIpc) is 2.44. The zero-order valence-corrected chi connectivity index (χ0v) is 12.4. The van der Waals surface area contributed by atoms with E-state index in [0.717, 1.165) is 51.0 Å². The normalized spacial score (nSPS) is 17.6. The maximum atomic E-state index is 13.2. The molecule has 2 rings (SSSR count). The van der Waals surface area contributed by atoms with Crippen molar-refractivity contribution >= 4 is 11.6 Å². The van der Waals surface area contributed by atoms with Crippen LogP contribution in [0.15, 0.2) is 18.2 Å². The van der Waals surface area contributed by atoms with Crippen molar-refractivity contribution in [3.8, 4) is 0 Å². The molecule has 0 aromatic heterocycles. The summed E-state index contributed by atoms with van der Waals surface area (Å²) in [6, 6.07) is 4.90. The molecule has 1 aliphatic rings. The minimum atomic E-state index is -0.363. The Bertz CT molecular complexity index is 422. The molecule has 112 valence electrons. The predicted molar refractivity (Wildman–Crippen MR) is 79.4 cm³/mol. The molecule has 0 atom stereocenters. The quantitative estimate of drug-likeness (QED) is 0.792. The summed E-state index contributed by atoms with van der Waals surface area (Å²) in [4.78, 5) is 2.39. The zero-order chi connectivity index (χ0) is 14.4. The number of nitrogens with one attached hydrogen (secondary N) is 1. The molecule has 1 fully saturated rings. The first-order valence-corrected chi connectivity index (χ1v) is 7.58. The van der Waals surface area contributed by atoms with Gasteiger partial charge in [0.05, 0.1) is 11.1 Å². The second kappa shape index (κ2) is 7.93. The second-order valence-electron chi connectivity index (χ2n) is 5.35. The molecule has 1 aromatic rings. The SMILES string of the molecule is OC1CCN(CCCNCc2ccc(Cl)c(F)c2)CC1.